The number of aliphatic hydroxyl groups is 1. The van der Waals surface area contributed by atoms with E-state index in [2.05, 4.69) is 4.90 Å². The first-order chi connectivity index (χ1) is 17.2. The highest BCUT2D eigenvalue weighted by molar-refractivity contribution is 5.61. The number of methoxy groups -OCH3 is 1. The smallest absolute Gasteiger partial charge is 0.161 e. The van der Waals surface area contributed by atoms with E-state index in [0.717, 1.165) is 23.4 Å². The molecule has 2 aliphatic rings. The lowest BCUT2D eigenvalue weighted by Crippen LogP contribution is -2.37. The van der Waals surface area contributed by atoms with Crippen molar-refractivity contribution < 1.29 is 19.3 Å². The number of hydrogen-bond donors (Lipinski definition) is 1. The number of rotatable bonds is 8. The monoisotopic (exact) mass is 471 g/mol. The highest BCUT2D eigenvalue weighted by Crippen LogP contribution is 2.45. The molecule has 5 rings (SSSR count). The van der Waals surface area contributed by atoms with Gasteiger partial charge >= 0.3 is 0 Å². The van der Waals surface area contributed by atoms with Crippen molar-refractivity contribution in [1.29, 1.82) is 0 Å². The van der Waals surface area contributed by atoms with Crippen molar-refractivity contribution in [1.82, 2.24) is 4.90 Å². The number of benzene rings is 3. The zero-order chi connectivity index (χ0) is 24.1. The number of hydrogen-bond acceptors (Lipinski definition) is 5. The summed E-state index contributed by atoms with van der Waals surface area (Å²) in [7, 11) is 1.62. The summed E-state index contributed by atoms with van der Waals surface area (Å²) in [5.41, 5.74) is 1.32. The van der Waals surface area contributed by atoms with E-state index >= 15 is 0 Å². The van der Waals surface area contributed by atoms with Gasteiger partial charge in [0.05, 0.1) is 7.11 Å². The molecule has 0 aromatic heterocycles. The molecule has 1 aliphatic heterocycles. The lowest BCUT2D eigenvalue weighted by atomic mass is 9.78. The molecule has 3 aromatic carbocycles. The minimum absolute atomic E-state index is 0.623. The van der Waals surface area contributed by atoms with E-state index in [0.29, 0.717) is 23.7 Å². The molecule has 2 atom stereocenters. The second-order valence-corrected chi connectivity index (χ2v) is 9.24. The maximum atomic E-state index is 11.9. The number of ether oxygens (including phenoxy) is 3. The van der Waals surface area contributed by atoms with Crippen LogP contribution in [-0.4, -0.2) is 43.4 Å². The van der Waals surface area contributed by atoms with E-state index in [4.69, 9.17) is 14.2 Å². The van der Waals surface area contributed by atoms with E-state index in [1.807, 2.05) is 84.9 Å². The molecule has 1 N–H and O–H groups in total. The molecule has 0 spiro atoms. The SMILES string of the molecule is COc1cccc(C2(O)C=Cc3ccccc3C2Oc2ccc(OCCN3CCCCC3)cc2)c1. The maximum absolute atomic E-state index is 11.9. The molecule has 182 valence electrons. The van der Waals surface area contributed by atoms with Crippen LogP contribution >= 0.6 is 0 Å². The quantitative estimate of drug-likeness (QED) is 0.464. The molecule has 35 heavy (non-hydrogen) atoms. The molecular formula is C30H33NO4. The number of piperidine rings is 1. The Kier molecular flexibility index (Phi) is 7.07. The third kappa shape index (κ3) is 5.21. The number of fused-ring (bicyclic) bond motifs is 1. The van der Waals surface area contributed by atoms with Crippen LogP contribution < -0.4 is 14.2 Å². The van der Waals surface area contributed by atoms with E-state index in [1.54, 1.807) is 7.11 Å². The molecule has 0 bridgehead atoms. The van der Waals surface area contributed by atoms with Crippen molar-refractivity contribution in [2.24, 2.45) is 0 Å². The van der Waals surface area contributed by atoms with Crippen molar-refractivity contribution in [3.05, 3.63) is 95.6 Å². The van der Waals surface area contributed by atoms with Crippen molar-refractivity contribution in [2.75, 3.05) is 33.4 Å². The summed E-state index contributed by atoms with van der Waals surface area (Å²) in [6, 6.07) is 23.2. The van der Waals surface area contributed by atoms with Gasteiger partial charge in [-0.25, -0.2) is 0 Å². The van der Waals surface area contributed by atoms with Crippen LogP contribution in [0, 0.1) is 0 Å². The number of likely N-dealkylation sites (tertiary alicyclic amines) is 1. The molecule has 1 aliphatic carbocycles. The third-order valence-electron chi connectivity index (χ3n) is 6.93. The van der Waals surface area contributed by atoms with Gasteiger partial charge in [-0.3, -0.25) is 4.90 Å². The molecule has 0 radical (unpaired) electrons. The van der Waals surface area contributed by atoms with E-state index in [1.165, 1.54) is 32.4 Å². The molecule has 0 amide bonds. The maximum Gasteiger partial charge on any atom is 0.161 e. The first-order valence-corrected chi connectivity index (χ1v) is 12.4. The van der Waals surface area contributed by atoms with Crippen molar-refractivity contribution in [3.63, 3.8) is 0 Å². The van der Waals surface area contributed by atoms with Gasteiger partial charge in [0, 0.05) is 12.1 Å². The molecule has 0 saturated carbocycles. The van der Waals surface area contributed by atoms with Gasteiger partial charge in [0.25, 0.3) is 0 Å². The summed E-state index contributed by atoms with van der Waals surface area (Å²) >= 11 is 0. The minimum atomic E-state index is -1.35. The Balaban J connectivity index is 1.34. The van der Waals surface area contributed by atoms with Crippen LogP contribution in [0.25, 0.3) is 6.08 Å². The fraction of sp³-hybridized carbons (Fsp3) is 0.333. The van der Waals surface area contributed by atoms with Gasteiger partial charge in [0.2, 0.25) is 0 Å². The zero-order valence-corrected chi connectivity index (χ0v) is 20.2. The second-order valence-electron chi connectivity index (χ2n) is 9.24. The molecular weight excluding hydrogens is 438 g/mol. The Morgan fingerprint density at radius 2 is 1.66 bits per heavy atom. The van der Waals surface area contributed by atoms with Crippen molar-refractivity contribution in [3.8, 4) is 17.2 Å². The fourth-order valence-corrected chi connectivity index (χ4v) is 4.94. The Morgan fingerprint density at radius 3 is 2.46 bits per heavy atom. The Hall–Kier alpha value is -3.28. The molecule has 1 saturated heterocycles. The predicted octanol–water partition coefficient (Wildman–Crippen LogP) is 5.59. The minimum Gasteiger partial charge on any atom is -0.497 e. The molecule has 5 nitrogen and oxygen atoms in total. The van der Waals surface area contributed by atoms with Crippen LogP contribution in [0.5, 0.6) is 17.2 Å². The average molecular weight is 472 g/mol. The highest BCUT2D eigenvalue weighted by atomic mass is 16.5. The standard InChI is InChI=1S/C30H33NO4/c1-33-27-10-7-9-24(22-27)30(32)17-16-23-8-3-4-11-28(23)29(30)35-26-14-12-25(13-15-26)34-21-20-31-18-5-2-6-19-31/h3-4,7-17,22,29,32H,2,5-6,18-21H2,1H3. The Morgan fingerprint density at radius 1 is 0.886 bits per heavy atom. The Bertz CT molecular complexity index is 1150. The van der Waals surface area contributed by atoms with Crippen molar-refractivity contribution in [2.45, 2.75) is 31.0 Å². The van der Waals surface area contributed by atoms with Gasteiger partial charge in [-0.05, 0) is 79.5 Å². The topological polar surface area (TPSA) is 51.2 Å². The Labute approximate surface area is 207 Å². The van der Waals surface area contributed by atoms with Crippen LogP contribution in [-0.2, 0) is 5.60 Å². The summed E-state index contributed by atoms with van der Waals surface area (Å²) in [4.78, 5) is 2.47. The van der Waals surface area contributed by atoms with Gasteiger partial charge in [-0.15, -0.1) is 0 Å². The molecule has 5 heteroatoms. The van der Waals surface area contributed by atoms with Gasteiger partial charge in [0.15, 0.2) is 6.10 Å². The molecule has 2 unspecified atom stereocenters. The van der Waals surface area contributed by atoms with Crippen molar-refractivity contribution >= 4 is 6.08 Å². The highest BCUT2D eigenvalue weighted by Gasteiger charge is 2.42. The van der Waals surface area contributed by atoms with Crippen LogP contribution in [0.2, 0.25) is 0 Å². The lowest BCUT2D eigenvalue weighted by Gasteiger charge is -2.38. The molecule has 1 fully saturated rings. The first-order valence-electron chi connectivity index (χ1n) is 12.4. The lowest BCUT2D eigenvalue weighted by molar-refractivity contribution is -0.0324. The van der Waals surface area contributed by atoms with Crippen LogP contribution in [0.15, 0.2) is 78.9 Å². The predicted molar refractivity (Wildman–Crippen MR) is 138 cm³/mol. The summed E-state index contributed by atoms with van der Waals surface area (Å²) in [5, 5.41) is 11.9. The summed E-state index contributed by atoms with van der Waals surface area (Å²) in [6.07, 6.45) is 7.05. The largest absolute Gasteiger partial charge is 0.497 e. The third-order valence-corrected chi connectivity index (χ3v) is 6.93. The van der Waals surface area contributed by atoms with Gasteiger partial charge in [0.1, 0.15) is 29.5 Å². The molecule has 3 aromatic rings. The van der Waals surface area contributed by atoms with E-state index in [-0.39, 0.29) is 0 Å². The van der Waals surface area contributed by atoms with Crippen LogP contribution in [0.1, 0.15) is 42.1 Å². The van der Waals surface area contributed by atoms with Gasteiger partial charge in [-0.1, -0.05) is 48.9 Å². The summed E-state index contributed by atoms with van der Waals surface area (Å²) in [5.74, 6) is 2.18. The van der Waals surface area contributed by atoms with E-state index < -0.39 is 11.7 Å². The van der Waals surface area contributed by atoms with Crippen LogP contribution in [0.3, 0.4) is 0 Å². The zero-order valence-electron chi connectivity index (χ0n) is 20.2. The molecule has 1 heterocycles. The van der Waals surface area contributed by atoms with Gasteiger partial charge < -0.3 is 19.3 Å². The summed E-state index contributed by atoms with van der Waals surface area (Å²) < 4.78 is 17.9. The number of nitrogens with zero attached hydrogens (tertiary/aromatic N) is 1. The van der Waals surface area contributed by atoms with Crippen LogP contribution in [0.4, 0.5) is 0 Å². The first kappa shape index (κ1) is 23.5. The van der Waals surface area contributed by atoms with E-state index in [9.17, 15) is 5.11 Å². The van der Waals surface area contributed by atoms with Gasteiger partial charge in [-0.2, -0.15) is 0 Å². The fourth-order valence-electron chi connectivity index (χ4n) is 4.94. The normalized spacial score (nSPS) is 21.8. The average Bonchev–Trinajstić information content (AvgIpc) is 2.92. The second kappa shape index (κ2) is 10.5. The summed E-state index contributed by atoms with van der Waals surface area (Å²) in [6.45, 7) is 3.97.